The van der Waals surface area contributed by atoms with Crippen molar-refractivity contribution >= 4 is 0 Å². The van der Waals surface area contributed by atoms with Crippen LogP contribution in [0, 0.1) is 0 Å². The molecule has 1 rings (SSSR count). The fraction of sp³-hybridized carbons (Fsp3) is 1.00. The zero-order chi connectivity index (χ0) is 11.3. The molecule has 15 heavy (non-hydrogen) atoms. The molecule has 1 fully saturated rings. The van der Waals surface area contributed by atoms with E-state index in [4.69, 9.17) is 5.73 Å². The molecule has 1 aliphatic rings. The van der Waals surface area contributed by atoms with Gasteiger partial charge in [-0.3, -0.25) is 4.90 Å². The van der Waals surface area contributed by atoms with E-state index in [1.807, 2.05) is 0 Å². The fourth-order valence-electron chi connectivity index (χ4n) is 2.58. The first-order chi connectivity index (χ1) is 7.22. The van der Waals surface area contributed by atoms with Crippen LogP contribution in [0.25, 0.3) is 0 Å². The topological polar surface area (TPSA) is 32.5 Å². The normalized spacial score (nSPS) is 26.8. The van der Waals surface area contributed by atoms with E-state index in [0.29, 0.717) is 6.04 Å². The van der Waals surface area contributed by atoms with E-state index in [0.717, 1.165) is 19.0 Å². The molecular weight excluding hydrogens is 186 g/mol. The molecule has 2 N–H and O–H groups in total. The lowest BCUT2D eigenvalue weighted by Gasteiger charge is -2.42. The summed E-state index contributed by atoms with van der Waals surface area (Å²) in [4.78, 5) is 5.13. The van der Waals surface area contributed by atoms with Gasteiger partial charge in [0.2, 0.25) is 0 Å². The van der Waals surface area contributed by atoms with E-state index in [-0.39, 0.29) is 0 Å². The monoisotopic (exact) mass is 213 g/mol. The molecule has 0 bridgehead atoms. The Morgan fingerprint density at radius 3 is 2.60 bits per heavy atom. The molecule has 1 heterocycles. The minimum absolute atomic E-state index is 0.706. The molecular formula is C12H27N3. The van der Waals surface area contributed by atoms with Gasteiger partial charge in [0.05, 0.1) is 0 Å². The Morgan fingerprint density at radius 1 is 1.33 bits per heavy atom. The van der Waals surface area contributed by atoms with Crippen LogP contribution >= 0.6 is 0 Å². The minimum atomic E-state index is 0.706. The van der Waals surface area contributed by atoms with Crippen LogP contribution in [0.5, 0.6) is 0 Å². The summed E-state index contributed by atoms with van der Waals surface area (Å²) >= 11 is 0. The standard InChI is InChI=1S/C12H27N3/c1-4-11(6-7-13)15-9-8-14(3)12(5-2)10-15/h11-12H,4-10,13H2,1-3H3. The molecule has 1 aliphatic heterocycles. The molecule has 2 unspecified atom stereocenters. The van der Waals surface area contributed by atoms with Gasteiger partial charge >= 0.3 is 0 Å². The van der Waals surface area contributed by atoms with E-state index in [9.17, 15) is 0 Å². The second-order valence-corrected chi connectivity index (χ2v) is 4.68. The predicted octanol–water partition coefficient (Wildman–Crippen LogP) is 1.14. The van der Waals surface area contributed by atoms with Crippen LogP contribution in [-0.2, 0) is 0 Å². The van der Waals surface area contributed by atoms with Crippen molar-refractivity contribution in [3.8, 4) is 0 Å². The van der Waals surface area contributed by atoms with Gasteiger partial charge in [-0.25, -0.2) is 0 Å². The summed E-state index contributed by atoms with van der Waals surface area (Å²) in [5.74, 6) is 0. The predicted molar refractivity (Wildman–Crippen MR) is 66.0 cm³/mol. The summed E-state index contributed by atoms with van der Waals surface area (Å²) in [6.45, 7) is 9.03. The van der Waals surface area contributed by atoms with E-state index < -0.39 is 0 Å². The number of hydrogen-bond acceptors (Lipinski definition) is 3. The summed E-state index contributed by atoms with van der Waals surface area (Å²) in [6, 6.07) is 1.45. The van der Waals surface area contributed by atoms with Crippen LogP contribution in [0.2, 0.25) is 0 Å². The van der Waals surface area contributed by atoms with E-state index in [2.05, 4.69) is 30.7 Å². The zero-order valence-electron chi connectivity index (χ0n) is 10.6. The van der Waals surface area contributed by atoms with Crippen LogP contribution in [-0.4, -0.2) is 55.1 Å². The minimum Gasteiger partial charge on any atom is -0.330 e. The Bertz CT molecular complexity index is 172. The highest BCUT2D eigenvalue weighted by Gasteiger charge is 2.26. The second-order valence-electron chi connectivity index (χ2n) is 4.68. The third kappa shape index (κ3) is 3.44. The average molecular weight is 213 g/mol. The Labute approximate surface area is 94.6 Å². The highest BCUT2D eigenvalue weighted by molar-refractivity contribution is 4.83. The summed E-state index contributed by atoms with van der Waals surface area (Å²) in [6.07, 6.45) is 3.64. The molecule has 90 valence electrons. The van der Waals surface area contributed by atoms with Gasteiger partial charge in [-0.05, 0) is 32.9 Å². The molecule has 0 spiro atoms. The van der Waals surface area contributed by atoms with Gasteiger partial charge in [0, 0.05) is 31.7 Å². The van der Waals surface area contributed by atoms with Gasteiger partial charge in [-0.15, -0.1) is 0 Å². The number of piperazine rings is 1. The van der Waals surface area contributed by atoms with E-state index in [1.165, 1.54) is 32.5 Å². The highest BCUT2D eigenvalue weighted by atomic mass is 15.3. The van der Waals surface area contributed by atoms with Crippen molar-refractivity contribution in [2.75, 3.05) is 33.2 Å². The molecule has 0 aromatic rings. The molecule has 3 heteroatoms. The first-order valence-corrected chi connectivity index (χ1v) is 6.37. The average Bonchev–Trinajstić information content (AvgIpc) is 2.27. The van der Waals surface area contributed by atoms with Gasteiger partial charge in [0.15, 0.2) is 0 Å². The highest BCUT2D eigenvalue weighted by Crippen LogP contribution is 2.16. The van der Waals surface area contributed by atoms with Crippen molar-refractivity contribution in [1.82, 2.24) is 9.80 Å². The number of rotatable bonds is 5. The summed E-state index contributed by atoms with van der Waals surface area (Å²) in [5, 5.41) is 0. The molecule has 3 nitrogen and oxygen atoms in total. The van der Waals surface area contributed by atoms with Gasteiger partial charge in [-0.2, -0.15) is 0 Å². The lowest BCUT2D eigenvalue weighted by atomic mass is 10.0. The quantitative estimate of drug-likeness (QED) is 0.743. The van der Waals surface area contributed by atoms with Crippen molar-refractivity contribution in [3.63, 3.8) is 0 Å². The van der Waals surface area contributed by atoms with Crippen LogP contribution < -0.4 is 5.73 Å². The molecule has 1 saturated heterocycles. The van der Waals surface area contributed by atoms with Crippen molar-refractivity contribution in [2.24, 2.45) is 5.73 Å². The lowest BCUT2D eigenvalue weighted by molar-refractivity contribution is 0.0587. The maximum atomic E-state index is 5.67. The van der Waals surface area contributed by atoms with Crippen molar-refractivity contribution < 1.29 is 0 Å². The summed E-state index contributed by atoms with van der Waals surface area (Å²) < 4.78 is 0. The summed E-state index contributed by atoms with van der Waals surface area (Å²) in [7, 11) is 2.25. The van der Waals surface area contributed by atoms with Gasteiger partial charge in [-0.1, -0.05) is 13.8 Å². The molecule has 0 radical (unpaired) electrons. The maximum absolute atomic E-state index is 5.67. The fourth-order valence-corrected chi connectivity index (χ4v) is 2.58. The van der Waals surface area contributed by atoms with Crippen LogP contribution in [0.1, 0.15) is 33.1 Å². The first kappa shape index (κ1) is 12.9. The third-order valence-electron chi connectivity index (χ3n) is 3.77. The maximum Gasteiger partial charge on any atom is 0.0218 e. The van der Waals surface area contributed by atoms with Crippen molar-refractivity contribution in [3.05, 3.63) is 0 Å². The zero-order valence-corrected chi connectivity index (χ0v) is 10.6. The lowest BCUT2D eigenvalue weighted by Crippen LogP contribution is -2.54. The van der Waals surface area contributed by atoms with Crippen LogP contribution in [0.4, 0.5) is 0 Å². The van der Waals surface area contributed by atoms with Crippen molar-refractivity contribution in [1.29, 1.82) is 0 Å². The molecule has 0 saturated carbocycles. The Kier molecular flexibility index (Phi) is 5.58. The summed E-state index contributed by atoms with van der Waals surface area (Å²) in [5.41, 5.74) is 5.67. The number of nitrogens with two attached hydrogens (primary N) is 1. The number of nitrogens with zero attached hydrogens (tertiary/aromatic N) is 2. The Balaban J connectivity index is 2.48. The SMILES string of the molecule is CCC1CN(C(CC)CCN)CCN1C. The Hall–Kier alpha value is -0.120. The van der Waals surface area contributed by atoms with Gasteiger partial charge in [0.1, 0.15) is 0 Å². The number of hydrogen-bond donors (Lipinski definition) is 1. The molecule has 0 amide bonds. The van der Waals surface area contributed by atoms with E-state index in [1.54, 1.807) is 0 Å². The molecule has 0 aromatic carbocycles. The van der Waals surface area contributed by atoms with E-state index >= 15 is 0 Å². The first-order valence-electron chi connectivity index (χ1n) is 6.37. The smallest absolute Gasteiger partial charge is 0.0218 e. The van der Waals surface area contributed by atoms with Gasteiger partial charge in [0.25, 0.3) is 0 Å². The van der Waals surface area contributed by atoms with Gasteiger partial charge < -0.3 is 10.6 Å². The largest absolute Gasteiger partial charge is 0.330 e. The molecule has 2 atom stereocenters. The second kappa shape index (κ2) is 6.46. The van der Waals surface area contributed by atoms with Crippen LogP contribution in [0.15, 0.2) is 0 Å². The third-order valence-corrected chi connectivity index (χ3v) is 3.77. The molecule has 0 aromatic heterocycles. The molecule has 0 aliphatic carbocycles. The van der Waals surface area contributed by atoms with Crippen molar-refractivity contribution in [2.45, 2.75) is 45.2 Å². The van der Waals surface area contributed by atoms with Crippen LogP contribution in [0.3, 0.4) is 0 Å². The Morgan fingerprint density at radius 2 is 2.07 bits per heavy atom. The number of likely N-dealkylation sites (N-methyl/N-ethyl adjacent to an activating group) is 1.